The molecule has 58 heavy (non-hydrogen) atoms. The Balaban J connectivity index is 0.961. The standard InChI is InChI=1S/C56H44N2/c1-56(2,3)58-54-21-13-12-20-51(54)52-38-45(32-36-55(52)58)43-24-22-40(23-25-43)41-26-28-44(29-27-41)48-35-37-53(50-19-11-10-18-49(48)50)57(46-16-8-5-9-17-46)47-33-30-42(31-34-47)39-14-6-4-7-15-39/h4-38H,1-3H3. The van der Waals surface area contributed by atoms with E-state index in [2.05, 4.69) is 243 Å². The first kappa shape index (κ1) is 35.3. The number of rotatable bonds is 7. The Bertz CT molecular complexity index is 3040. The Hall–Kier alpha value is -7.16. The Morgan fingerprint density at radius 3 is 1.41 bits per heavy atom. The summed E-state index contributed by atoms with van der Waals surface area (Å²) in [6, 6.07) is 77.2. The highest BCUT2D eigenvalue weighted by Crippen LogP contribution is 2.43. The van der Waals surface area contributed by atoms with Gasteiger partial charge in [-0.15, -0.1) is 0 Å². The average molecular weight is 745 g/mol. The molecular weight excluding hydrogens is 701 g/mol. The van der Waals surface area contributed by atoms with E-state index in [1.54, 1.807) is 0 Å². The van der Waals surface area contributed by atoms with Crippen LogP contribution in [0.3, 0.4) is 0 Å². The quantitative estimate of drug-likeness (QED) is 0.158. The van der Waals surface area contributed by atoms with Gasteiger partial charge in [0.05, 0.1) is 5.69 Å². The van der Waals surface area contributed by atoms with Gasteiger partial charge >= 0.3 is 0 Å². The van der Waals surface area contributed by atoms with Crippen molar-refractivity contribution < 1.29 is 0 Å². The predicted octanol–water partition coefficient (Wildman–Crippen LogP) is 15.8. The smallest absolute Gasteiger partial charge is 0.0540 e. The van der Waals surface area contributed by atoms with E-state index in [0.717, 1.165) is 17.1 Å². The van der Waals surface area contributed by atoms with Crippen LogP contribution in [0.5, 0.6) is 0 Å². The molecule has 0 aliphatic heterocycles. The molecule has 0 fully saturated rings. The first-order chi connectivity index (χ1) is 28.4. The number of aromatic nitrogens is 1. The fourth-order valence-electron chi connectivity index (χ4n) is 8.74. The number of para-hydroxylation sites is 2. The molecule has 0 amide bonds. The van der Waals surface area contributed by atoms with E-state index >= 15 is 0 Å². The van der Waals surface area contributed by atoms with Gasteiger partial charge in [-0.2, -0.15) is 0 Å². The molecule has 0 N–H and O–H groups in total. The second-order valence-electron chi connectivity index (χ2n) is 16.2. The van der Waals surface area contributed by atoms with Crippen LogP contribution in [0.25, 0.3) is 77.1 Å². The maximum atomic E-state index is 2.47. The van der Waals surface area contributed by atoms with Crippen molar-refractivity contribution in [1.29, 1.82) is 0 Å². The van der Waals surface area contributed by atoms with Crippen LogP contribution in [0.4, 0.5) is 17.1 Å². The van der Waals surface area contributed by atoms with Gasteiger partial charge in [0.1, 0.15) is 0 Å². The predicted molar refractivity (Wildman–Crippen MR) is 248 cm³/mol. The third-order valence-electron chi connectivity index (χ3n) is 11.5. The van der Waals surface area contributed by atoms with Crippen LogP contribution in [0.2, 0.25) is 0 Å². The highest BCUT2D eigenvalue weighted by molar-refractivity contribution is 6.10. The summed E-state index contributed by atoms with van der Waals surface area (Å²) in [5.74, 6) is 0. The summed E-state index contributed by atoms with van der Waals surface area (Å²) in [6.45, 7) is 6.84. The number of nitrogens with zero attached hydrogens (tertiary/aromatic N) is 2. The molecule has 1 heterocycles. The lowest BCUT2D eigenvalue weighted by Crippen LogP contribution is -2.21. The molecule has 2 nitrogen and oxygen atoms in total. The van der Waals surface area contributed by atoms with Crippen LogP contribution in [0, 0.1) is 0 Å². The zero-order chi connectivity index (χ0) is 39.2. The van der Waals surface area contributed by atoms with Crippen molar-refractivity contribution >= 4 is 49.6 Å². The van der Waals surface area contributed by atoms with Gasteiger partial charge in [0, 0.05) is 44.1 Å². The summed E-state index contributed by atoms with van der Waals surface area (Å²) >= 11 is 0. The van der Waals surface area contributed by atoms with Gasteiger partial charge in [0.25, 0.3) is 0 Å². The topological polar surface area (TPSA) is 8.17 Å². The van der Waals surface area contributed by atoms with Crippen LogP contribution in [0.1, 0.15) is 20.8 Å². The Kier molecular flexibility index (Phi) is 8.76. The Labute approximate surface area is 340 Å². The minimum atomic E-state index is -0.0171. The van der Waals surface area contributed by atoms with Crippen LogP contribution in [-0.2, 0) is 5.54 Å². The summed E-state index contributed by atoms with van der Waals surface area (Å²) in [6.07, 6.45) is 0. The molecule has 0 aliphatic carbocycles. The fraction of sp³-hybridized carbons (Fsp3) is 0.0714. The SMILES string of the molecule is CC(C)(C)n1c2ccccc2c2cc(-c3ccc(-c4ccc(-c5ccc(N(c6ccccc6)c6ccc(-c7ccccc7)cc6)c6ccccc56)cc4)cc3)ccc21. The molecule has 1 aromatic heterocycles. The molecule has 2 heteroatoms. The molecule has 0 spiro atoms. The molecule has 0 saturated heterocycles. The van der Waals surface area contributed by atoms with E-state index in [4.69, 9.17) is 0 Å². The molecule has 10 rings (SSSR count). The monoisotopic (exact) mass is 744 g/mol. The number of fused-ring (bicyclic) bond motifs is 4. The molecule has 10 aromatic rings. The van der Waals surface area contributed by atoms with Gasteiger partial charge in [-0.05, 0) is 119 Å². The van der Waals surface area contributed by atoms with Crippen LogP contribution in [0.15, 0.2) is 212 Å². The van der Waals surface area contributed by atoms with Gasteiger partial charge in [-0.1, -0.05) is 164 Å². The summed E-state index contributed by atoms with van der Waals surface area (Å²) in [7, 11) is 0. The fourth-order valence-corrected chi connectivity index (χ4v) is 8.74. The average Bonchev–Trinajstić information content (AvgIpc) is 3.62. The molecule has 278 valence electrons. The van der Waals surface area contributed by atoms with Crippen molar-refractivity contribution in [1.82, 2.24) is 4.57 Å². The van der Waals surface area contributed by atoms with E-state index in [1.807, 2.05) is 0 Å². The number of anilines is 3. The molecule has 0 saturated carbocycles. The maximum absolute atomic E-state index is 2.47. The second kappa shape index (κ2) is 14.4. The molecule has 0 atom stereocenters. The van der Waals surface area contributed by atoms with Crippen molar-refractivity contribution in [3.8, 4) is 44.5 Å². The summed E-state index contributed by atoms with van der Waals surface area (Å²) < 4.78 is 2.47. The third kappa shape index (κ3) is 6.33. The lowest BCUT2D eigenvalue weighted by Gasteiger charge is -2.27. The van der Waals surface area contributed by atoms with Crippen LogP contribution < -0.4 is 4.90 Å². The van der Waals surface area contributed by atoms with Crippen LogP contribution in [-0.4, -0.2) is 4.57 Å². The van der Waals surface area contributed by atoms with Gasteiger partial charge < -0.3 is 9.47 Å². The zero-order valence-electron chi connectivity index (χ0n) is 33.1. The zero-order valence-corrected chi connectivity index (χ0v) is 33.1. The van der Waals surface area contributed by atoms with Crippen molar-refractivity contribution in [3.05, 3.63) is 212 Å². The number of hydrogen-bond donors (Lipinski definition) is 0. The van der Waals surface area contributed by atoms with E-state index < -0.39 is 0 Å². The minimum Gasteiger partial charge on any atom is -0.335 e. The lowest BCUT2D eigenvalue weighted by atomic mass is 9.94. The molecule has 0 aliphatic rings. The van der Waals surface area contributed by atoms with Crippen molar-refractivity contribution in [2.24, 2.45) is 0 Å². The highest BCUT2D eigenvalue weighted by Gasteiger charge is 2.21. The van der Waals surface area contributed by atoms with Crippen molar-refractivity contribution in [2.75, 3.05) is 4.90 Å². The van der Waals surface area contributed by atoms with E-state index in [0.29, 0.717) is 0 Å². The summed E-state index contributed by atoms with van der Waals surface area (Å²) in [5, 5.41) is 5.03. The Morgan fingerprint density at radius 1 is 0.328 bits per heavy atom. The first-order valence-corrected chi connectivity index (χ1v) is 20.2. The summed E-state index contributed by atoms with van der Waals surface area (Å²) in [5.41, 5.74) is 15.6. The lowest BCUT2D eigenvalue weighted by molar-refractivity contribution is 0.423. The minimum absolute atomic E-state index is 0.0171. The van der Waals surface area contributed by atoms with Crippen molar-refractivity contribution in [2.45, 2.75) is 26.3 Å². The Morgan fingerprint density at radius 2 is 0.776 bits per heavy atom. The maximum Gasteiger partial charge on any atom is 0.0540 e. The first-order valence-electron chi connectivity index (χ1n) is 20.2. The largest absolute Gasteiger partial charge is 0.335 e. The van der Waals surface area contributed by atoms with Gasteiger partial charge in [-0.3, -0.25) is 0 Å². The highest BCUT2D eigenvalue weighted by atomic mass is 15.1. The second-order valence-corrected chi connectivity index (χ2v) is 16.2. The molecule has 0 bridgehead atoms. The van der Waals surface area contributed by atoms with Crippen molar-refractivity contribution in [3.63, 3.8) is 0 Å². The van der Waals surface area contributed by atoms with Gasteiger partial charge in [-0.25, -0.2) is 0 Å². The number of hydrogen-bond acceptors (Lipinski definition) is 1. The molecular formula is C56H44N2. The molecule has 0 unspecified atom stereocenters. The molecule has 0 radical (unpaired) electrons. The van der Waals surface area contributed by atoms with E-state index in [-0.39, 0.29) is 5.54 Å². The number of benzene rings is 9. The van der Waals surface area contributed by atoms with Crippen LogP contribution >= 0.6 is 0 Å². The van der Waals surface area contributed by atoms with Gasteiger partial charge in [0.2, 0.25) is 0 Å². The third-order valence-corrected chi connectivity index (χ3v) is 11.5. The van der Waals surface area contributed by atoms with Gasteiger partial charge in [0.15, 0.2) is 0 Å². The van der Waals surface area contributed by atoms with E-state index in [9.17, 15) is 0 Å². The normalized spacial score (nSPS) is 11.7. The molecule has 9 aromatic carbocycles. The summed E-state index contributed by atoms with van der Waals surface area (Å²) in [4.78, 5) is 2.37. The van der Waals surface area contributed by atoms with E-state index in [1.165, 1.54) is 77.1 Å².